The fraction of sp³-hybridized carbons (Fsp3) is 0.350. The first-order valence-electron chi connectivity index (χ1n) is 8.84. The van der Waals surface area contributed by atoms with Gasteiger partial charge in [0.15, 0.2) is 9.84 Å². The second-order valence-corrected chi connectivity index (χ2v) is 10.2. The number of carbonyl (C=O) groups excluding carboxylic acids is 1. The smallest absolute Gasteiger partial charge is 0.254 e. The Morgan fingerprint density at radius 3 is 2.08 bits per heavy atom. The maximum Gasteiger partial charge on any atom is 0.254 e. The predicted octanol–water partition coefficient (Wildman–Crippen LogP) is 4.06. The van der Waals surface area contributed by atoms with Crippen LogP contribution in [0.25, 0.3) is 0 Å². The fourth-order valence-electron chi connectivity index (χ4n) is 4.26. The SMILES string of the molecule is O=C(c1ccc(Br)cc1)N1C2CCC1CC(S(=O)(=O)c1ccccc1)C2. The molecule has 6 heteroatoms. The number of rotatable bonds is 3. The summed E-state index contributed by atoms with van der Waals surface area (Å²) in [6.07, 6.45) is 2.81. The van der Waals surface area contributed by atoms with Crippen molar-refractivity contribution < 1.29 is 13.2 Å². The summed E-state index contributed by atoms with van der Waals surface area (Å²) in [5.41, 5.74) is 0.662. The van der Waals surface area contributed by atoms with E-state index in [0.29, 0.717) is 23.3 Å². The van der Waals surface area contributed by atoms with Crippen LogP contribution in [0.2, 0.25) is 0 Å². The molecule has 2 bridgehead atoms. The summed E-state index contributed by atoms with van der Waals surface area (Å²) >= 11 is 3.39. The molecule has 2 fully saturated rings. The third-order valence-electron chi connectivity index (χ3n) is 5.53. The summed E-state index contributed by atoms with van der Waals surface area (Å²) in [5, 5.41) is -0.406. The molecule has 2 heterocycles. The molecular weight excluding hydrogens is 414 g/mol. The average Bonchev–Trinajstić information content (AvgIpc) is 2.91. The highest BCUT2D eigenvalue weighted by atomic mass is 79.9. The van der Waals surface area contributed by atoms with Gasteiger partial charge in [-0.15, -0.1) is 0 Å². The van der Waals surface area contributed by atoms with Gasteiger partial charge in [0, 0.05) is 22.1 Å². The Kier molecular flexibility index (Phi) is 4.65. The van der Waals surface area contributed by atoms with Gasteiger partial charge >= 0.3 is 0 Å². The Labute approximate surface area is 162 Å². The molecule has 2 aromatic carbocycles. The number of nitrogens with zero attached hydrogens (tertiary/aromatic N) is 1. The normalized spacial score (nSPS) is 25.3. The summed E-state index contributed by atoms with van der Waals surface area (Å²) in [6.45, 7) is 0. The minimum Gasteiger partial charge on any atom is -0.333 e. The van der Waals surface area contributed by atoms with Crippen LogP contribution in [0, 0.1) is 0 Å². The van der Waals surface area contributed by atoms with Gasteiger partial charge in [0.05, 0.1) is 10.1 Å². The van der Waals surface area contributed by atoms with Crippen molar-refractivity contribution in [3.63, 3.8) is 0 Å². The summed E-state index contributed by atoms with van der Waals surface area (Å²) in [4.78, 5) is 15.3. The highest BCUT2D eigenvalue weighted by Gasteiger charge is 2.47. The lowest BCUT2D eigenvalue weighted by Gasteiger charge is -2.38. The van der Waals surface area contributed by atoms with Crippen molar-refractivity contribution in [2.75, 3.05) is 0 Å². The second-order valence-electron chi connectivity index (χ2n) is 7.06. The van der Waals surface area contributed by atoms with E-state index in [-0.39, 0.29) is 18.0 Å². The van der Waals surface area contributed by atoms with E-state index in [4.69, 9.17) is 0 Å². The largest absolute Gasteiger partial charge is 0.333 e. The number of fused-ring (bicyclic) bond motifs is 2. The number of hydrogen-bond acceptors (Lipinski definition) is 3. The number of amides is 1. The van der Waals surface area contributed by atoms with Gasteiger partial charge in [-0.25, -0.2) is 8.42 Å². The van der Waals surface area contributed by atoms with Crippen LogP contribution >= 0.6 is 15.9 Å². The van der Waals surface area contributed by atoms with Crippen LogP contribution < -0.4 is 0 Å². The lowest BCUT2D eigenvalue weighted by Crippen LogP contribution is -2.49. The molecule has 2 saturated heterocycles. The van der Waals surface area contributed by atoms with Crippen LogP contribution in [0.3, 0.4) is 0 Å². The van der Waals surface area contributed by atoms with Gasteiger partial charge in [-0.2, -0.15) is 0 Å². The minimum atomic E-state index is -3.35. The van der Waals surface area contributed by atoms with Crippen molar-refractivity contribution in [1.82, 2.24) is 4.90 Å². The van der Waals surface area contributed by atoms with Crippen LogP contribution in [-0.2, 0) is 9.84 Å². The van der Waals surface area contributed by atoms with E-state index in [1.165, 1.54) is 0 Å². The number of hydrogen-bond donors (Lipinski definition) is 0. The van der Waals surface area contributed by atoms with Gasteiger partial charge in [0.1, 0.15) is 0 Å². The van der Waals surface area contributed by atoms with Gasteiger partial charge in [-0.1, -0.05) is 34.1 Å². The molecule has 0 aromatic heterocycles. The van der Waals surface area contributed by atoms with E-state index in [0.717, 1.165) is 17.3 Å². The maximum atomic E-state index is 13.0. The molecule has 2 aromatic rings. The molecule has 2 aliphatic heterocycles. The van der Waals surface area contributed by atoms with E-state index in [1.807, 2.05) is 35.2 Å². The summed E-state index contributed by atoms with van der Waals surface area (Å²) in [7, 11) is -3.35. The van der Waals surface area contributed by atoms with Crippen molar-refractivity contribution in [1.29, 1.82) is 0 Å². The quantitative estimate of drug-likeness (QED) is 0.732. The van der Waals surface area contributed by atoms with Crippen LogP contribution in [0.4, 0.5) is 0 Å². The van der Waals surface area contributed by atoms with Crippen LogP contribution in [0.15, 0.2) is 64.0 Å². The van der Waals surface area contributed by atoms with Crippen molar-refractivity contribution in [2.45, 2.75) is 47.9 Å². The van der Waals surface area contributed by atoms with E-state index in [2.05, 4.69) is 15.9 Å². The molecule has 2 aliphatic rings. The van der Waals surface area contributed by atoms with E-state index in [9.17, 15) is 13.2 Å². The minimum absolute atomic E-state index is 0.00776. The number of carbonyl (C=O) groups is 1. The highest BCUT2D eigenvalue weighted by molar-refractivity contribution is 9.10. The predicted molar refractivity (Wildman–Crippen MR) is 104 cm³/mol. The molecule has 26 heavy (non-hydrogen) atoms. The number of benzene rings is 2. The van der Waals surface area contributed by atoms with Gasteiger partial charge in [-0.3, -0.25) is 4.79 Å². The lowest BCUT2D eigenvalue weighted by atomic mass is 10.0. The number of sulfone groups is 1. The van der Waals surface area contributed by atoms with Gasteiger partial charge in [0.25, 0.3) is 5.91 Å². The molecule has 4 rings (SSSR count). The maximum absolute atomic E-state index is 13.0. The molecule has 0 radical (unpaired) electrons. The first-order valence-corrected chi connectivity index (χ1v) is 11.2. The van der Waals surface area contributed by atoms with Gasteiger partial charge < -0.3 is 4.90 Å². The van der Waals surface area contributed by atoms with Crippen molar-refractivity contribution >= 4 is 31.7 Å². The second kappa shape index (κ2) is 6.82. The average molecular weight is 434 g/mol. The third-order valence-corrected chi connectivity index (χ3v) is 8.25. The van der Waals surface area contributed by atoms with Gasteiger partial charge in [0.2, 0.25) is 0 Å². The molecule has 4 nitrogen and oxygen atoms in total. The lowest BCUT2D eigenvalue weighted by molar-refractivity contribution is 0.0598. The van der Waals surface area contributed by atoms with Gasteiger partial charge in [-0.05, 0) is 62.1 Å². The van der Waals surface area contributed by atoms with E-state index >= 15 is 0 Å². The molecule has 136 valence electrons. The summed E-state index contributed by atoms with van der Waals surface area (Å²) in [6, 6.07) is 16.0. The van der Waals surface area contributed by atoms with Crippen LogP contribution in [0.5, 0.6) is 0 Å². The molecule has 2 atom stereocenters. The highest BCUT2D eigenvalue weighted by Crippen LogP contribution is 2.40. The topological polar surface area (TPSA) is 54.5 Å². The Morgan fingerprint density at radius 2 is 1.50 bits per heavy atom. The van der Waals surface area contributed by atoms with Crippen LogP contribution in [-0.4, -0.2) is 36.6 Å². The van der Waals surface area contributed by atoms with Crippen molar-refractivity contribution in [2.24, 2.45) is 0 Å². The summed E-state index contributed by atoms with van der Waals surface area (Å²) < 4.78 is 26.9. The zero-order valence-corrected chi connectivity index (χ0v) is 16.6. The Hall–Kier alpha value is -1.66. The molecule has 2 unspecified atom stereocenters. The third kappa shape index (κ3) is 3.09. The zero-order valence-electron chi connectivity index (χ0n) is 14.2. The fourth-order valence-corrected chi connectivity index (χ4v) is 6.39. The zero-order chi connectivity index (χ0) is 18.3. The summed E-state index contributed by atoms with van der Waals surface area (Å²) in [5.74, 6) is 0.0144. The molecule has 0 aliphatic carbocycles. The van der Waals surface area contributed by atoms with E-state index < -0.39 is 15.1 Å². The number of piperidine rings is 1. The Morgan fingerprint density at radius 1 is 0.923 bits per heavy atom. The molecule has 1 amide bonds. The van der Waals surface area contributed by atoms with Crippen molar-refractivity contribution in [3.8, 4) is 0 Å². The molecular formula is C20H20BrNO3S. The molecule has 0 saturated carbocycles. The Bertz CT molecular complexity index is 898. The van der Waals surface area contributed by atoms with Crippen LogP contribution in [0.1, 0.15) is 36.0 Å². The monoisotopic (exact) mass is 433 g/mol. The Balaban J connectivity index is 1.56. The molecule has 0 N–H and O–H groups in total. The van der Waals surface area contributed by atoms with E-state index in [1.54, 1.807) is 24.3 Å². The first-order chi connectivity index (χ1) is 12.5. The molecule has 0 spiro atoms. The first kappa shape index (κ1) is 17.7. The van der Waals surface area contributed by atoms with Crippen molar-refractivity contribution in [3.05, 3.63) is 64.6 Å². The number of halogens is 1. The standard InChI is InChI=1S/C20H20BrNO3S/c21-15-8-6-14(7-9-15)20(23)22-16-10-11-17(22)13-19(12-16)26(24,25)18-4-2-1-3-5-18/h1-9,16-17,19H,10-13H2.